The topological polar surface area (TPSA) is 39.7 Å². The highest BCUT2D eigenvalue weighted by molar-refractivity contribution is 5.99. The third kappa shape index (κ3) is 2.63. The highest BCUT2D eigenvalue weighted by Gasteiger charge is 2.25. The minimum absolute atomic E-state index is 0.143. The van der Waals surface area contributed by atoms with Gasteiger partial charge in [0.2, 0.25) is 0 Å². The van der Waals surface area contributed by atoms with Gasteiger partial charge in [0, 0.05) is 45.5 Å². The van der Waals surface area contributed by atoms with Crippen LogP contribution in [0.4, 0.5) is 5.82 Å². The maximum absolute atomic E-state index is 12.6. The summed E-state index contributed by atoms with van der Waals surface area (Å²) >= 11 is 0. The SMILES string of the molecule is CN1CCN(c2ncccc2C(=O)N2CCCC2)CC1. The van der Waals surface area contributed by atoms with Crippen LogP contribution >= 0.6 is 0 Å². The molecule has 108 valence electrons. The molecule has 20 heavy (non-hydrogen) atoms. The first-order valence-corrected chi connectivity index (χ1v) is 7.43. The number of nitrogens with zero attached hydrogens (tertiary/aromatic N) is 4. The standard InChI is InChI=1S/C15H22N4O/c1-17-9-11-18(12-10-17)14-13(5-4-6-16-14)15(20)19-7-2-3-8-19/h4-6H,2-3,7-12H2,1H3. The predicted octanol–water partition coefficient (Wildman–Crippen LogP) is 1.07. The largest absolute Gasteiger partial charge is 0.353 e. The normalized spacial score (nSPS) is 20.4. The van der Waals surface area contributed by atoms with Gasteiger partial charge < -0.3 is 14.7 Å². The van der Waals surface area contributed by atoms with E-state index in [0.717, 1.165) is 63.5 Å². The van der Waals surface area contributed by atoms with E-state index in [1.54, 1.807) is 6.20 Å². The number of rotatable bonds is 2. The number of amides is 1. The predicted molar refractivity (Wildman–Crippen MR) is 79.1 cm³/mol. The second-order valence-electron chi connectivity index (χ2n) is 5.66. The van der Waals surface area contributed by atoms with Crippen LogP contribution < -0.4 is 4.90 Å². The lowest BCUT2D eigenvalue weighted by molar-refractivity contribution is 0.0793. The highest BCUT2D eigenvalue weighted by atomic mass is 16.2. The molecule has 0 N–H and O–H groups in total. The molecule has 2 saturated heterocycles. The van der Waals surface area contributed by atoms with Crippen LogP contribution in [-0.2, 0) is 0 Å². The first-order chi connectivity index (χ1) is 9.75. The Labute approximate surface area is 120 Å². The summed E-state index contributed by atoms with van der Waals surface area (Å²) in [6.07, 6.45) is 4.03. The van der Waals surface area contributed by atoms with Crippen molar-refractivity contribution in [2.75, 3.05) is 51.2 Å². The van der Waals surface area contributed by atoms with Crippen molar-refractivity contribution in [3.05, 3.63) is 23.9 Å². The first kappa shape index (κ1) is 13.4. The van der Waals surface area contributed by atoms with Gasteiger partial charge in [-0.15, -0.1) is 0 Å². The number of hydrogen-bond donors (Lipinski definition) is 0. The van der Waals surface area contributed by atoms with E-state index >= 15 is 0 Å². The molecule has 1 aromatic heterocycles. The molecule has 1 amide bonds. The Balaban J connectivity index is 1.82. The maximum atomic E-state index is 12.6. The summed E-state index contributed by atoms with van der Waals surface area (Å²) in [4.78, 5) is 23.6. The Morgan fingerprint density at radius 2 is 1.80 bits per heavy atom. The number of hydrogen-bond acceptors (Lipinski definition) is 4. The van der Waals surface area contributed by atoms with E-state index in [0.29, 0.717) is 0 Å². The van der Waals surface area contributed by atoms with Gasteiger partial charge in [-0.3, -0.25) is 4.79 Å². The van der Waals surface area contributed by atoms with Crippen molar-refractivity contribution in [2.45, 2.75) is 12.8 Å². The molecule has 3 rings (SSSR count). The van der Waals surface area contributed by atoms with Crippen LogP contribution in [0.2, 0.25) is 0 Å². The van der Waals surface area contributed by atoms with Gasteiger partial charge >= 0.3 is 0 Å². The average Bonchev–Trinajstić information content (AvgIpc) is 3.02. The lowest BCUT2D eigenvalue weighted by Crippen LogP contribution is -2.45. The van der Waals surface area contributed by atoms with E-state index < -0.39 is 0 Å². The molecule has 3 heterocycles. The van der Waals surface area contributed by atoms with Crippen molar-refractivity contribution < 1.29 is 4.79 Å². The molecule has 0 unspecified atom stereocenters. The molecular formula is C15H22N4O. The number of carbonyl (C=O) groups excluding carboxylic acids is 1. The summed E-state index contributed by atoms with van der Waals surface area (Å²) in [6, 6.07) is 3.78. The Morgan fingerprint density at radius 3 is 2.50 bits per heavy atom. The van der Waals surface area contributed by atoms with Crippen LogP contribution in [0.1, 0.15) is 23.2 Å². The maximum Gasteiger partial charge on any atom is 0.257 e. The van der Waals surface area contributed by atoms with Crippen LogP contribution in [0.25, 0.3) is 0 Å². The van der Waals surface area contributed by atoms with E-state index in [4.69, 9.17) is 0 Å². The second-order valence-corrected chi connectivity index (χ2v) is 5.66. The molecule has 0 aromatic carbocycles. The number of aromatic nitrogens is 1. The Kier molecular flexibility index (Phi) is 3.87. The molecule has 0 spiro atoms. The van der Waals surface area contributed by atoms with Gasteiger partial charge in [0.15, 0.2) is 0 Å². The van der Waals surface area contributed by atoms with Gasteiger partial charge in [-0.2, -0.15) is 0 Å². The van der Waals surface area contributed by atoms with E-state index in [-0.39, 0.29) is 5.91 Å². The number of anilines is 1. The van der Waals surface area contributed by atoms with Crippen molar-refractivity contribution in [1.29, 1.82) is 0 Å². The summed E-state index contributed by atoms with van der Waals surface area (Å²) in [5, 5.41) is 0. The second kappa shape index (κ2) is 5.79. The van der Waals surface area contributed by atoms with Gasteiger partial charge in [0.05, 0.1) is 5.56 Å². The quantitative estimate of drug-likeness (QED) is 0.809. The van der Waals surface area contributed by atoms with Gasteiger partial charge in [-0.25, -0.2) is 4.98 Å². The lowest BCUT2D eigenvalue weighted by Gasteiger charge is -2.34. The summed E-state index contributed by atoms with van der Waals surface area (Å²) < 4.78 is 0. The van der Waals surface area contributed by atoms with Crippen LogP contribution in [0, 0.1) is 0 Å². The lowest BCUT2D eigenvalue weighted by atomic mass is 10.2. The molecule has 2 fully saturated rings. The molecule has 5 nitrogen and oxygen atoms in total. The fraction of sp³-hybridized carbons (Fsp3) is 0.600. The van der Waals surface area contributed by atoms with E-state index in [9.17, 15) is 4.79 Å². The number of likely N-dealkylation sites (tertiary alicyclic amines) is 1. The highest BCUT2D eigenvalue weighted by Crippen LogP contribution is 2.22. The zero-order valence-electron chi connectivity index (χ0n) is 12.1. The molecule has 2 aliphatic heterocycles. The molecule has 1 aromatic rings. The Bertz CT molecular complexity index is 477. The zero-order valence-corrected chi connectivity index (χ0v) is 12.1. The molecule has 0 radical (unpaired) electrons. The molecule has 0 atom stereocenters. The van der Waals surface area contributed by atoms with Gasteiger partial charge in [0.25, 0.3) is 5.91 Å². The molecule has 0 aliphatic carbocycles. The van der Waals surface area contributed by atoms with Crippen LogP contribution in [0.3, 0.4) is 0 Å². The molecule has 0 bridgehead atoms. The fourth-order valence-corrected chi connectivity index (χ4v) is 2.92. The van der Waals surface area contributed by atoms with Crippen molar-refractivity contribution >= 4 is 11.7 Å². The summed E-state index contributed by atoms with van der Waals surface area (Å²) in [5.41, 5.74) is 0.763. The number of pyridine rings is 1. The molecule has 5 heteroatoms. The van der Waals surface area contributed by atoms with Crippen molar-refractivity contribution in [2.24, 2.45) is 0 Å². The minimum atomic E-state index is 0.143. The Hall–Kier alpha value is -1.62. The van der Waals surface area contributed by atoms with Crippen molar-refractivity contribution in [1.82, 2.24) is 14.8 Å². The fourth-order valence-electron chi connectivity index (χ4n) is 2.92. The Morgan fingerprint density at radius 1 is 1.10 bits per heavy atom. The summed E-state index contributed by atoms with van der Waals surface area (Å²) in [7, 11) is 2.13. The van der Waals surface area contributed by atoms with Gasteiger partial charge in [-0.05, 0) is 32.0 Å². The number of carbonyl (C=O) groups is 1. The van der Waals surface area contributed by atoms with Crippen LogP contribution in [0.5, 0.6) is 0 Å². The molecule has 2 aliphatic rings. The van der Waals surface area contributed by atoms with Crippen LogP contribution in [-0.4, -0.2) is 67.0 Å². The summed E-state index contributed by atoms with van der Waals surface area (Å²) in [5.74, 6) is 1.00. The third-order valence-electron chi connectivity index (χ3n) is 4.21. The number of piperazine rings is 1. The van der Waals surface area contributed by atoms with E-state index in [1.165, 1.54) is 0 Å². The zero-order chi connectivity index (χ0) is 13.9. The average molecular weight is 274 g/mol. The van der Waals surface area contributed by atoms with Gasteiger partial charge in [-0.1, -0.05) is 0 Å². The van der Waals surface area contributed by atoms with E-state index in [1.807, 2.05) is 17.0 Å². The third-order valence-corrected chi connectivity index (χ3v) is 4.21. The monoisotopic (exact) mass is 274 g/mol. The van der Waals surface area contributed by atoms with Crippen LogP contribution in [0.15, 0.2) is 18.3 Å². The molecule has 0 saturated carbocycles. The minimum Gasteiger partial charge on any atom is -0.353 e. The molecular weight excluding hydrogens is 252 g/mol. The van der Waals surface area contributed by atoms with Crippen molar-refractivity contribution in [3.8, 4) is 0 Å². The van der Waals surface area contributed by atoms with Gasteiger partial charge in [0.1, 0.15) is 5.82 Å². The first-order valence-electron chi connectivity index (χ1n) is 7.43. The smallest absolute Gasteiger partial charge is 0.257 e. The summed E-state index contributed by atoms with van der Waals surface area (Å²) in [6.45, 7) is 5.69. The number of likely N-dealkylation sites (N-methyl/N-ethyl adjacent to an activating group) is 1. The van der Waals surface area contributed by atoms with Crippen molar-refractivity contribution in [3.63, 3.8) is 0 Å². The van der Waals surface area contributed by atoms with E-state index in [2.05, 4.69) is 21.8 Å².